The second-order valence-electron chi connectivity index (χ2n) is 6.03. The maximum atomic E-state index is 12.0. The van der Waals surface area contributed by atoms with E-state index >= 15 is 0 Å². The minimum absolute atomic E-state index is 0.128. The molecule has 4 rings (SSSR count). The average molecular weight is 371 g/mol. The second-order valence-corrected chi connectivity index (χ2v) is 6.03. The largest absolute Gasteiger partial charge is 0.484 e. The molecular weight excluding hydrogens is 354 g/mol. The molecule has 0 saturated heterocycles. The summed E-state index contributed by atoms with van der Waals surface area (Å²) in [4.78, 5) is 16.1. The van der Waals surface area contributed by atoms with Gasteiger partial charge in [0.2, 0.25) is 0 Å². The van der Waals surface area contributed by atoms with Gasteiger partial charge in [-0.05, 0) is 35.0 Å². The molecule has 0 saturated carbocycles. The van der Waals surface area contributed by atoms with Gasteiger partial charge >= 0.3 is 0 Å². The Morgan fingerprint density at radius 3 is 2.86 bits per heavy atom. The van der Waals surface area contributed by atoms with Gasteiger partial charge in [-0.3, -0.25) is 14.9 Å². The Balaban J connectivity index is 1.34. The van der Waals surface area contributed by atoms with Crippen LogP contribution in [-0.2, 0) is 4.79 Å². The van der Waals surface area contributed by atoms with Crippen molar-refractivity contribution in [3.8, 4) is 17.0 Å². The van der Waals surface area contributed by atoms with Crippen LogP contribution in [0, 0.1) is 0 Å². The third-order valence-corrected chi connectivity index (χ3v) is 4.10. The molecule has 2 N–H and O–H groups in total. The van der Waals surface area contributed by atoms with Crippen LogP contribution in [0.15, 0.2) is 78.3 Å². The van der Waals surface area contributed by atoms with Crippen molar-refractivity contribution in [1.82, 2.24) is 20.6 Å². The summed E-state index contributed by atoms with van der Waals surface area (Å²) >= 11 is 0. The van der Waals surface area contributed by atoms with Crippen LogP contribution >= 0.6 is 0 Å². The summed E-state index contributed by atoms with van der Waals surface area (Å²) < 4.78 is 5.54. The maximum Gasteiger partial charge on any atom is 0.277 e. The Morgan fingerprint density at radius 2 is 2.00 bits per heavy atom. The van der Waals surface area contributed by atoms with Crippen LogP contribution in [0.4, 0.5) is 0 Å². The number of nitrogens with zero attached hydrogens (tertiary/aromatic N) is 3. The van der Waals surface area contributed by atoms with E-state index in [4.69, 9.17) is 4.74 Å². The van der Waals surface area contributed by atoms with Gasteiger partial charge in [0.05, 0.1) is 18.1 Å². The van der Waals surface area contributed by atoms with Gasteiger partial charge in [-0.2, -0.15) is 10.2 Å². The summed E-state index contributed by atoms with van der Waals surface area (Å²) in [5, 5.41) is 13.1. The molecule has 7 nitrogen and oxygen atoms in total. The zero-order chi connectivity index (χ0) is 19.2. The third kappa shape index (κ3) is 4.04. The summed E-state index contributed by atoms with van der Waals surface area (Å²) in [5.74, 6) is 0.280. The number of H-pyrrole nitrogens is 1. The lowest BCUT2D eigenvalue weighted by molar-refractivity contribution is -0.123. The zero-order valence-corrected chi connectivity index (χ0v) is 14.9. The van der Waals surface area contributed by atoms with E-state index in [1.54, 1.807) is 18.6 Å². The Kier molecular flexibility index (Phi) is 5.06. The van der Waals surface area contributed by atoms with Gasteiger partial charge in [0.1, 0.15) is 5.75 Å². The number of carbonyl (C=O) groups excluding carboxylic acids is 1. The van der Waals surface area contributed by atoms with Gasteiger partial charge in [0.15, 0.2) is 6.61 Å². The molecule has 2 aromatic carbocycles. The van der Waals surface area contributed by atoms with Gasteiger partial charge in [-0.25, -0.2) is 5.43 Å². The first kappa shape index (κ1) is 17.4. The van der Waals surface area contributed by atoms with Crippen LogP contribution in [0.5, 0.6) is 5.75 Å². The number of hydrazone groups is 1. The monoisotopic (exact) mass is 371 g/mol. The molecule has 0 unspecified atom stereocenters. The molecule has 2 aromatic heterocycles. The Hall–Kier alpha value is -4.00. The van der Waals surface area contributed by atoms with E-state index < -0.39 is 0 Å². The summed E-state index contributed by atoms with van der Waals surface area (Å²) in [5.41, 5.74) is 4.85. The van der Waals surface area contributed by atoms with E-state index in [0.29, 0.717) is 5.75 Å². The van der Waals surface area contributed by atoms with Gasteiger partial charge in [-0.15, -0.1) is 0 Å². The number of nitrogens with one attached hydrogen (secondary N) is 2. The molecule has 0 radical (unpaired) electrons. The topological polar surface area (TPSA) is 92.3 Å². The lowest BCUT2D eigenvalue weighted by Crippen LogP contribution is -2.24. The summed E-state index contributed by atoms with van der Waals surface area (Å²) in [6.45, 7) is -0.128. The second kappa shape index (κ2) is 8.13. The predicted molar refractivity (Wildman–Crippen MR) is 107 cm³/mol. The molecule has 0 bridgehead atoms. The molecule has 4 aromatic rings. The molecule has 0 spiro atoms. The number of amides is 1. The number of hydrogen-bond donors (Lipinski definition) is 2. The van der Waals surface area contributed by atoms with Crippen molar-refractivity contribution in [3.63, 3.8) is 0 Å². The van der Waals surface area contributed by atoms with Crippen molar-refractivity contribution in [2.45, 2.75) is 0 Å². The molecule has 28 heavy (non-hydrogen) atoms. The van der Waals surface area contributed by atoms with Crippen LogP contribution in [0.3, 0.4) is 0 Å². The first-order valence-electron chi connectivity index (χ1n) is 8.67. The highest BCUT2D eigenvalue weighted by atomic mass is 16.5. The maximum absolute atomic E-state index is 12.0. The molecule has 1 amide bonds. The number of hydrogen-bond acceptors (Lipinski definition) is 5. The summed E-state index contributed by atoms with van der Waals surface area (Å²) in [7, 11) is 0. The normalized spacial score (nSPS) is 11.0. The number of aromatic nitrogens is 3. The van der Waals surface area contributed by atoms with Gasteiger partial charge in [0.25, 0.3) is 5.91 Å². The van der Waals surface area contributed by atoms with Crippen LogP contribution in [-0.4, -0.2) is 33.9 Å². The minimum atomic E-state index is -0.351. The van der Waals surface area contributed by atoms with Crippen LogP contribution in [0.25, 0.3) is 22.0 Å². The lowest BCUT2D eigenvalue weighted by atomic mass is 10.1. The zero-order valence-electron chi connectivity index (χ0n) is 14.9. The van der Waals surface area contributed by atoms with Crippen molar-refractivity contribution < 1.29 is 9.53 Å². The number of fused-ring (bicyclic) bond motifs is 1. The van der Waals surface area contributed by atoms with Crippen molar-refractivity contribution in [2.75, 3.05) is 6.61 Å². The molecular formula is C21H17N5O2. The van der Waals surface area contributed by atoms with Crippen molar-refractivity contribution >= 4 is 22.9 Å². The van der Waals surface area contributed by atoms with E-state index in [1.807, 2.05) is 54.6 Å². The van der Waals surface area contributed by atoms with Crippen molar-refractivity contribution in [1.29, 1.82) is 0 Å². The van der Waals surface area contributed by atoms with E-state index in [9.17, 15) is 4.79 Å². The van der Waals surface area contributed by atoms with Crippen molar-refractivity contribution in [2.24, 2.45) is 5.10 Å². The molecule has 0 aliphatic carbocycles. The Labute approximate surface area is 161 Å². The van der Waals surface area contributed by atoms with Crippen LogP contribution in [0.1, 0.15) is 5.56 Å². The SMILES string of the molecule is O=C(COc1ccc2ccccc2c1)NN=Cc1cn[nH]c1-c1cccnc1. The number of carbonyl (C=O) groups is 1. The standard InChI is InChI=1S/C21H17N5O2/c27-20(14-28-19-8-7-15-4-1-2-5-16(15)10-19)25-23-12-18-13-24-26-21(18)17-6-3-9-22-11-17/h1-13H,14H2,(H,24,26)(H,25,27). The summed E-state index contributed by atoms with van der Waals surface area (Å²) in [6.07, 6.45) is 6.58. The molecule has 0 fully saturated rings. The number of ether oxygens (including phenoxy) is 1. The predicted octanol–water partition coefficient (Wildman–Crippen LogP) is 3.15. The average Bonchev–Trinajstić information content (AvgIpc) is 3.21. The molecule has 138 valence electrons. The van der Waals surface area contributed by atoms with Crippen LogP contribution in [0.2, 0.25) is 0 Å². The molecule has 7 heteroatoms. The highest BCUT2D eigenvalue weighted by Crippen LogP contribution is 2.20. The number of aromatic amines is 1. The third-order valence-electron chi connectivity index (χ3n) is 4.10. The van der Waals surface area contributed by atoms with E-state index in [0.717, 1.165) is 27.6 Å². The van der Waals surface area contributed by atoms with E-state index in [-0.39, 0.29) is 12.5 Å². The highest BCUT2D eigenvalue weighted by Gasteiger charge is 2.06. The number of rotatable bonds is 6. The number of benzene rings is 2. The Morgan fingerprint density at radius 1 is 1.11 bits per heavy atom. The quantitative estimate of drug-likeness (QED) is 0.402. The fraction of sp³-hybridized carbons (Fsp3) is 0.0476. The smallest absolute Gasteiger partial charge is 0.277 e. The van der Waals surface area contributed by atoms with Crippen LogP contribution < -0.4 is 10.2 Å². The minimum Gasteiger partial charge on any atom is -0.484 e. The lowest BCUT2D eigenvalue weighted by Gasteiger charge is -2.06. The fourth-order valence-electron chi connectivity index (χ4n) is 2.75. The summed E-state index contributed by atoms with van der Waals surface area (Å²) in [6, 6.07) is 17.4. The first-order valence-corrected chi connectivity index (χ1v) is 8.67. The van der Waals surface area contributed by atoms with Gasteiger partial charge in [-0.1, -0.05) is 30.3 Å². The highest BCUT2D eigenvalue weighted by molar-refractivity contribution is 5.89. The molecule has 2 heterocycles. The first-order chi connectivity index (χ1) is 13.8. The van der Waals surface area contributed by atoms with Gasteiger partial charge < -0.3 is 4.74 Å². The van der Waals surface area contributed by atoms with E-state index in [2.05, 4.69) is 25.7 Å². The molecule has 0 aliphatic heterocycles. The molecule has 0 aliphatic rings. The number of pyridine rings is 1. The fourth-order valence-corrected chi connectivity index (χ4v) is 2.75. The van der Waals surface area contributed by atoms with Crippen molar-refractivity contribution in [3.05, 3.63) is 78.8 Å². The molecule has 0 atom stereocenters. The Bertz CT molecular complexity index is 1120. The van der Waals surface area contributed by atoms with E-state index in [1.165, 1.54) is 6.21 Å². The van der Waals surface area contributed by atoms with Gasteiger partial charge in [0, 0.05) is 23.5 Å².